The standard InChI is InChI=1S/C23H34N2O2/c1-16(18-9-7-6-8-10-18)17(2)21-13-19(21)11-12-24-20-14-25(15-20)22(26)27-23(3,4)5/h6-10,19-21,24H,11-15H2,1-5H3/b17-16+. The van der Waals surface area contributed by atoms with Gasteiger partial charge in [0, 0.05) is 19.1 Å². The van der Waals surface area contributed by atoms with Crippen molar-refractivity contribution >= 4 is 11.7 Å². The van der Waals surface area contributed by atoms with Gasteiger partial charge in [0.1, 0.15) is 5.60 Å². The minimum absolute atomic E-state index is 0.194. The molecule has 4 heteroatoms. The van der Waals surface area contributed by atoms with Crippen LogP contribution in [0.1, 0.15) is 53.0 Å². The molecule has 0 spiro atoms. The van der Waals surface area contributed by atoms with E-state index in [1.807, 2.05) is 20.8 Å². The Kier molecular flexibility index (Phi) is 5.95. The number of likely N-dealkylation sites (tertiary alicyclic amines) is 1. The Morgan fingerprint density at radius 2 is 1.85 bits per heavy atom. The fraction of sp³-hybridized carbons (Fsp3) is 0.609. The fourth-order valence-electron chi connectivity index (χ4n) is 3.85. The smallest absolute Gasteiger partial charge is 0.410 e. The van der Waals surface area contributed by atoms with Crippen molar-refractivity contribution in [2.45, 2.75) is 59.1 Å². The fourth-order valence-corrected chi connectivity index (χ4v) is 3.85. The molecule has 1 amide bonds. The summed E-state index contributed by atoms with van der Waals surface area (Å²) in [6, 6.07) is 11.1. The van der Waals surface area contributed by atoms with Gasteiger partial charge in [0.2, 0.25) is 0 Å². The summed E-state index contributed by atoms with van der Waals surface area (Å²) in [5, 5.41) is 3.59. The number of nitrogens with zero attached hydrogens (tertiary/aromatic N) is 1. The highest BCUT2D eigenvalue weighted by atomic mass is 16.6. The predicted molar refractivity (Wildman–Crippen MR) is 111 cm³/mol. The summed E-state index contributed by atoms with van der Waals surface area (Å²) >= 11 is 0. The van der Waals surface area contributed by atoms with E-state index in [0.29, 0.717) is 6.04 Å². The van der Waals surface area contributed by atoms with Crippen molar-refractivity contribution in [3.63, 3.8) is 0 Å². The largest absolute Gasteiger partial charge is 0.444 e. The quantitative estimate of drug-likeness (QED) is 0.788. The maximum Gasteiger partial charge on any atom is 0.410 e. The van der Waals surface area contributed by atoms with E-state index in [-0.39, 0.29) is 6.09 Å². The summed E-state index contributed by atoms with van der Waals surface area (Å²) in [5.74, 6) is 1.55. The maximum absolute atomic E-state index is 11.9. The summed E-state index contributed by atoms with van der Waals surface area (Å²) in [6.07, 6.45) is 2.33. The Hall–Kier alpha value is -1.81. The third-order valence-electron chi connectivity index (χ3n) is 5.76. The van der Waals surface area contributed by atoms with Crippen molar-refractivity contribution in [2.75, 3.05) is 19.6 Å². The second-order valence-corrected chi connectivity index (χ2v) is 9.10. The van der Waals surface area contributed by atoms with Crippen LogP contribution in [0.25, 0.3) is 5.57 Å². The van der Waals surface area contributed by atoms with Gasteiger partial charge in [-0.05, 0) is 77.0 Å². The van der Waals surface area contributed by atoms with Gasteiger partial charge in [0.25, 0.3) is 0 Å². The maximum atomic E-state index is 11.9. The number of hydrogen-bond donors (Lipinski definition) is 1. The summed E-state index contributed by atoms with van der Waals surface area (Å²) in [5.41, 5.74) is 3.91. The monoisotopic (exact) mass is 370 g/mol. The van der Waals surface area contributed by atoms with Crippen LogP contribution >= 0.6 is 0 Å². The molecule has 1 aliphatic carbocycles. The van der Waals surface area contributed by atoms with Gasteiger partial charge in [-0.15, -0.1) is 0 Å². The van der Waals surface area contributed by atoms with E-state index in [2.05, 4.69) is 49.5 Å². The highest BCUT2D eigenvalue weighted by Gasteiger charge is 2.39. The minimum atomic E-state index is -0.417. The molecule has 1 heterocycles. The van der Waals surface area contributed by atoms with Crippen molar-refractivity contribution < 1.29 is 9.53 Å². The van der Waals surface area contributed by atoms with Crippen molar-refractivity contribution in [3.8, 4) is 0 Å². The van der Waals surface area contributed by atoms with Gasteiger partial charge >= 0.3 is 6.09 Å². The first-order valence-corrected chi connectivity index (χ1v) is 10.2. The summed E-state index contributed by atoms with van der Waals surface area (Å²) < 4.78 is 5.40. The van der Waals surface area contributed by atoms with Gasteiger partial charge in [-0.2, -0.15) is 0 Å². The summed E-state index contributed by atoms with van der Waals surface area (Å²) in [4.78, 5) is 13.7. The van der Waals surface area contributed by atoms with Crippen LogP contribution in [0.2, 0.25) is 0 Å². The molecule has 2 atom stereocenters. The lowest BCUT2D eigenvalue weighted by Crippen LogP contribution is -2.60. The normalized spacial score (nSPS) is 23.5. The Morgan fingerprint density at radius 3 is 2.48 bits per heavy atom. The lowest BCUT2D eigenvalue weighted by molar-refractivity contribution is 0.00532. The molecule has 0 bridgehead atoms. The lowest BCUT2D eigenvalue weighted by atomic mass is 9.98. The molecule has 0 aromatic heterocycles. The molecule has 27 heavy (non-hydrogen) atoms. The number of benzene rings is 1. The Balaban J connectivity index is 1.35. The molecular weight excluding hydrogens is 336 g/mol. The van der Waals surface area contributed by atoms with E-state index >= 15 is 0 Å². The first kappa shape index (κ1) is 19.9. The van der Waals surface area contributed by atoms with E-state index in [1.165, 1.54) is 24.0 Å². The van der Waals surface area contributed by atoms with E-state index in [0.717, 1.165) is 31.5 Å². The van der Waals surface area contributed by atoms with Crippen molar-refractivity contribution in [2.24, 2.45) is 11.8 Å². The molecule has 148 valence electrons. The van der Waals surface area contributed by atoms with Crippen molar-refractivity contribution in [1.82, 2.24) is 10.2 Å². The molecule has 1 saturated carbocycles. The summed E-state index contributed by atoms with van der Waals surface area (Å²) in [7, 11) is 0. The predicted octanol–water partition coefficient (Wildman–Crippen LogP) is 4.72. The van der Waals surface area contributed by atoms with Gasteiger partial charge in [-0.25, -0.2) is 4.79 Å². The Morgan fingerprint density at radius 1 is 1.19 bits per heavy atom. The van der Waals surface area contributed by atoms with Gasteiger partial charge in [0.05, 0.1) is 0 Å². The second kappa shape index (κ2) is 8.05. The number of carbonyl (C=O) groups is 1. The van der Waals surface area contributed by atoms with E-state index in [9.17, 15) is 4.79 Å². The van der Waals surface area contributed by atoms with Crippen LogP contribution in [-0.4, -0.2) is 42.3 Å². The number of allylic oxidation sites excluding steroid dienone is 2. The van der Waals surface area contributed by atoms with Crippen LogP contribution in [0.5, 0.6) is 0 Å². The molecule has 0 radical (unpaired) electrons. The molecule has 2 aliphatic rings. The average molecular weight is 371 g/mol. The van der Waals surface area contributed by atoms with Gasteiger partial charge in [0.15, 0.2) is 0 Å². The van der Waals surface area contributed by atoms with Crippen LogP contribution in [0.4, 0.5) is 4.79 Å². The van der Waals surface area contributed by atoms with Crippen LogP contribution in [-0.2, 0) is 4.74 Å². The average Bonchev–Trinajstić information content (AvgIpc) is 3.34. The molecule has 1 N–H and O–H groups in total. The summed E-state index contributed by atoms with van der Waals surface area (Å²) in [6.45, 7) is 12.8. The van der Waals surface area contributed by atoms with Crippen LogP contribution in [0.15, 0.2) is 35.9 Å². The molecule has 1 aromatic rings. The lowest BCUT2D eigenvalue weighted by Gasteiger charge is -2.40. The number of carbonyl (C=O) groups excluding carboxylic acids is 1. The first-order valence-electron chi connectivity index (χ1n) is 10.2. The zero-order valence-electron chi connectivity index (χ0n) is 17.4. The van der Waals surface area contributed by atoms with Crippen LogP contribution in [0, 0.1) is 11.8 Å². The number of hydrogen-bond acceptors (Lipinski definition) is 3. The van der Waals surface area contributed by atoms with Crippen molar-refractivity contribution in [3.05, 3.63) is 41.5 Å². The molecular formula is C23H34N2O2. The minimum Gasteiger partial charge on any atom is -0.444 e. The molecule has 1 saturated heterocycles. The number of nitrogens with one attached hydrogen (secondary N) is 1. The molecule has 2 unspecified atom stereocenters. The Labute approximate surface area is 164 Å². The third kappa shape index (κ3) is 5.35. The number of ether oxygens (including phenoxy) is 1. The number of amides is 1. The van der Waals surface area contributed by atoms with E-state index in [1.54, 1.807) is 10.5 Å². The molecule has 2 fully saturated rings. The molecule has 1 aliphatic heterocycles. The second-order valence-electron chi connectivity index (χ2n) is 9.10. The van der Waals surface area contributed by atoms with E-state index in [4.69, 9.17) is 4.74 Å². The highest BCUT2D eigenvalue weighted by molar-refractivity contribution is 5.69. The van der Waals surface area contributed by atoms with Gasteiger partial charge in [-0.1, -0.05) is 35.9 Å². The molecule has 3 rings (SSSR count). The van der Waals surface area contributed by atoms with Crippen molar-refractivity contribution in [1.29, 1.82) is 0 Å². The van der Waals surface area contributed by atoms with Gasteiger partial charge < -0.3 is 15.0 Å². The first-order chi connectivity index (χ1) is 12.7. The third-order valence-corrected chi connectivity index (χ3v) is 5.76. The van der Waals surface area contributed by atoms with Gasteiger partial charge in [-0.3, -0.25) is 0 Å². The molecule has 1 aromatic carbocycles. The highest BCUT2D eigenvalue weighted by Crippen LogP contribution is 2.48. The number of rotatable bonds is 6. The topological polar surface area (TPSA) is 41.6 Å². The molecule has 4 nitrogen and oxygen atoms in total. The SMILES string of the molecule is C/C(=C(/C)C1CC1CCNC1CN(C(=O)OC(C)(C)C)C1)c1ccccc1. The zero-order chi connectivity index (χ0) is 19.6. The van der Waals surface area contributed by atoms with Crippen LogP contribution < -0.4 is 5.32 Å². The van der Waals surface area contributed by atoms with Crippen LogP contribution in [0.3, 0.4) is 0 Å². The zero-order valence-corrected chi connectivity index (χ0v) is 17.4. The van der Waals surface area contributed by atoms with E-state index < -0.39 is 5.60 Å². The Bertz CT molecular complexity index is 684.